The van der Waals surface area contributed by atoms with Crippen molar-refractivity contribution in [3.05, 3.63) is 11.4 Å². The van der Waals surface area contributed by atoms with Crippen LogP contribution in [-0.2, 0) is 14.3 Å². The first-order valence-corrected chi connectivity index (χ1v) is 11.1. The van der Waals surface area contributed by atoms with Crippen molar-refractivity contribution in [2.24, 2.45) is 17.8 Å². The van der Waals surface area contributed by atoms with Crippen molar-refractivity contribution in [3.63, 3.8) is 0 Å². The maximum Gasteiger partial charge on any atom is 0.412 e. The highest BCUT2D eigenvalue weighted by Crippen LogP contribution is 2.37. The molecule has 0 radical (unpaired) electrons. The van der Waals surface area contributed by atoms with E-state index in [0.29, 0.717) is 6.42 Å². The van der Waals surface area contributed by atoms with Crippen molar-refractivity contribution in [1.29, 1.82) is 0 Å². The van der Waals surface area contributed by atoms with Gasteiger partial charge >= 0.3 is 12.1 Å². The fourth-order valence-corrected chi connectivity index (χ4v) is 3.55. The van der Waals surface area contributed by atoms with E-state index in [1.807, 2.05) is 0 Å². The second-order valence-electron chi connectivity index (χ2n) is 7.87. The zero-order valence-corrected chi connectivity index (χ0v) is 18.0. The van der Waals surface area contributed by atoms with E-state index in [9.17, 15) is 14.0 Å². The zero-order chi connectivity index (χ0) is 21.3. The molecular weight excluding hydrogens is 388 g/mol. The first-order chi connectivity index (χ1) is 13.1. The first-order valence-electron chi connectivity index (χ1n) is 9.76. The van der Waals surface area contributed by atoms with Gasteiger partial charge in [-0.2, -0.15) is 0 Å². The van der Waals surface area contributed by atoms with E-state index in [4.69, 9.17) is 19.3 Å². The Labute approximate surface area is 167 Å². The fourth-order valence-electron chi connectivity index (χ4n) is 2.99. The molecule has 1 amide bonds. The van der Waals surface area contributed by atoms with Crippen LogP contribution in [0.15, 0.2) is 11.4 Å². The fraction of sp³-hybridized carbons (Fsp3) is 0.789. The Kier molecular flexibility index (Phi) is 10.9. The van der Waals surface area contributed by atoms with E-state index in [1.54, 1.807) is 27.7 Å². The predicted molar refractivity (Wildman–Crippen MR) is 105 cm³/mol. The van der Waals surface area contributed by atoms with Gasteiger partial charge in [0.05, 0.1) is 5.92 Å². The van der Waals surface area contributed by atoms with Crippen LogP contribution in [0.3, 0.4) is 0 Å². The van der Waals surface area contributed by atoms with Gasteiger partial charge in [0.2, 0.25) is 0 Å². The lowest BCUT2D eigenvalue weighted by atomic mass is 9.83. The average molecular weight is 421 g/mol. The van der Waals surface area contributed by atoms with Gasteiger partial charge in [-0.05, 0) is 50.3 Å². The maximum atomic E-state index is 14.1. The number of carbonyl (C=O) groups is 2. The number of amides is 1. The predicted octanol–water partition coefficient (Wildman–Crippen LogP) is 4.34. The van der Waals surface area contributed by atoms with E-state index >= 15 is 0 Å². The zero-order valence-electron chi connectivity index (χ0n) is 17.1. The smallest absolute Gasteiger partial charge is 0.412 e. The average Bonchev–Trinajstić information content (AvgIpc) is 2.58. The highest BCUT2D eigenvalue weighted by atomic mass is 31.2. The monoisotopic (exact) mass is 421 g/mol. The lowest BCUT2D eigenvalue weighted by Crippen LogP contribution is -2.38. The summed E-state index contributed by atoms with van der Waals surface area (Å²) in [4.78, 5) is 41.8. The summed E-state index contributed by atoms with van der Waals surface area (Å²) in [7, 11) is -2.05. The van der Waals surface area contributed by atoms with Crippen LogP contribution in [0.1, 0.15) is 66.2 Å². The number of carbonyl (C=O) groups excluding carboxylic acids is 2. The molecule has 0 bridgehead atoms. The maximum absolute atomic E-state index is 14.1. The number of rotatable bonds is 9. The number of halogens is 1. The molecule has 0 heterocycles. The van der Waals surface area contributed by atoms with Gasteiger partial charge in [0.25, 0.3) is 6.29 Å². The Morgan fingerprint density at radius 2 is 1.96 bits per heavy atom. The van der Waals surface area contributed by atoms with Crippen LogP contribution in [0, 0.1) is 17.8 Å². The molecule has 0 aromatic rings. The number of nitrogens with one attached hydrogen (secondary N) is 1. The highest BCUT2D eigenvalue weighted by molar-refractivity contribution is 7.48. The summed E-state index contributed by atoms with van der Waals surface area (Å²) in [6.45, 7) is 6.81. The number of alkyl carbamates (subject to hydrolysis) is 1. The lowest BCUT2D eigenvalue weighted by Gasteiger charge is -2.25. The molecule has 1 rings (SSSR count). The van der Waals surface area contributed by atoms with Gasteiger partial charge in [-0.15, -0.1) is 0 Å². The molecule has 1 aliphatic carbocycles. The summed E-state index contributed by atoms with van der Waals surface area (Å²) in [5, 5.41) is 2.14. The van der Waals surface area contributed by atoms with Gasteiger partial charge in [0.15, 0.2) is 14.7 Å². The Morgan fingerprint density at radius 1 is 1.29 bits per heavy atom. The van der Waals surface area contributed by atoms with Crippen LogP contribution >= 0.6 is 8.38 Å². The molecule has 0 aromatic carbocycles. The highest BCUT2D eigenvalue weighted by Gasteiger charge is 2.26. The Bertz CT molecular complexity index is 541. The van der Waals surface area contributed by atoms with E-state index in [1.165, 1.54) is 5.82 Å². The SMILES string of the molecule is CC(C)C(=O)O[C@H](OC(=O)NC(F)CCC1CCCC(=CP(O)O)C1)C(C)C. The van der Waals surface area contributed by atoms with Gasteiger partial charge in [0, 0.05) is 5.92 Å². The molecule has 162 valence electrons. The topological polar surface area (TPSA) is 105 Å². The first kappa shape index (κ1) is 24.8. The van der Waals surface area contributed by atoms with Gasteiger partial charge in [-0.3, -0.25) is 10.1 Å². The molecule has 3 atom stereocenters. The van der Waals surface area contributed by atoms with Crippen LogP contribution < -0.4 is 5.32 Å². The second-order valence-corrected chi connectivity index (χ2v) is 8.77. The van der Waals surface area contributed by atoms with Crippen LogP contribution in [0.2, 0.25) is 0 Å². The number of hydrogen-bond donors (Lipinski definition) is 3. The number of esters is 1. The quantitative estimate of drug-likeness (QED) is 0.221. The largest absolute Gasteiger partial charge is 0.425 e. The minimum Gasteiger partial charge on any atom is -0.425 e. The van der Waals surface area contributed by atoms with E-state index in [-0.39, 0.29) is 24.2 Å². The third-order valence-corrected chi connectivity index (χ3v) is 5.13. The molecule has 3 N–H and O–H groups in total. The van der Waals surface area contributed by atoms with Crippen molar-refractivity contribution in [2.75, 3.05) is 0 Å². The van der Waals surface area contributed by atoms with Crippen molar-refractivity contribution in [1.82, 2.24) is 5.32 Å². The van der Waals surface area contributed by atoms with Crippen molar-refractivity contribution >= 4 is 20.4 Å². The molecule has 0 aliphatic heterocycles. The Hall–Kier alpha value is -1.24. The number of allylic oxidation sites excluding steroid dienone is 1. The molecule has 0 spiro atoms. The summed E-state index contributed by atoms with van der Waals surface area (Å²) in [6.07, 6.45) is 0.555. The molecule has 28 heavy (non-hydrogen) atoms. The summed E-state index contributed by atoms with van der Waals surface area (Å²) in [6, 6.07) is 0. The van der Waals surface area contributed by atoms with Gasteiger partial charge < -0.3 is 19.3 Å². The molecule has 1 fully saturated rings. The number of ether oxygens (including phenoxy) is 2. The molecule has 7 nitrogen and oxygen atoms in total. The number of alkyl halides is 1. The normalized spacial score (nSPS) is 21.1. The molecule has 2 unspecified atom stereocenters. The standard InChI is InChI=1S/C19H33FNO6P/c1-12(2)17(22)26-18(13(3)4)27-19(23)21-16(20)9-8-14-6-5-7-15(10-14)11-28(24)25/h11-14,16,18,24-25H,5-10H2,1-4H3,(H,21,23)/t14?,16?,18-/m1/s1. The molecule has 0 saturated heterocycles. The summed E-state index contributed by atoms with van der Waals surface area (Å²) in [5.74, 6) is 0.640. The molecule has 1 aliphatic rings. The lowest BCUT2D eigenvalue weighted by molar-refractivity contribution is -0.178. The minimum absolute atomic E-state index is 0.137. The van der Waals surface area contributed by atoms with Gasteiger partial charge in [-0.1, -0.05) is 33.3 Å². The van der Waals surface area contributed by atoms with E-state index < -0.39 is 33.0 Å². The number of hydrogen-bond acceptors (Lipinski definition) is 6. The molecule has 0 aromatic heterocycles. The van der Waals surface area contributed by atoms with E-state index in [2.05, 4.69) is 5.32 Å². The van der Waals surface area contributed by atoms with Crippen molar-refractivity contribution < 1.29 is 33.2 Å². The van der Waals surface area contributed by atoms with Crippen molar-refractivity contribution in [2.45, 2.75) is 78.8 Å². The van der Waals surface area contributed by atoms with Crippen LogP contribution in [0.4, 0.5) is 9.18 Å². The van der Waals surface area contributed by atoms with Crippen molar-refractivity contribution in [3.8, 4) is 0 Å². The van der Waals surface area contributed by atoms with Crippen LogP contribution in [0.25, 0.3) is 0 Å². The van der Waals surface area contributed by atoms with Crippen LogP contribution in [-0.4, -0.2) is 34.4 Å². The van der Waals surface area contributed by atoms with Gasteiger partial charge in [-0.25, -0.2) is 9.18 Å². The minimum atomic E-state index is -2.05. The molecule has 9 heteroatoms. The molecule has 1 saturated carbocycles. The molecular formula is C19H33FNO6P. The van der Waals surface area contributed by atoms with Gasteiger partial charge in [0.1, 0.15) is 0 Å². The third-order valence-electron chi connectivity index (χ3n) is 4.53. The summed E-state index contributed by atoms with van der Waals surface area (Å²) < 4.78 is 24.3. The van der Waals surface area contributed by atoms with E-state index in [0.717, 1.165) is 31.3 Å². The second kappa shape index (κ2) is 12.3. The Balaban J connectivity index is 2.41. The summed E-state index contributed by atoms with van der Waals surface area (Å²) in [5.41, 5.74) is 1.00. The Morgan fingerprint density at radius 3 is 2.54 bits per heavy atom. The van der Waals surface area contributed by atoms with Crippen LogP contribution in [0.5, 0.6) is 0 Å². The summed E-state index contributed by atoms with van der Waals surface area (Å²) >= 11 is 0. The third kappa shape index (κ3) is 9.80.